The lowest BCUT2D eigenvalue weighted by Crippen LogP contribution is -2.66. The maximum Gasteiger partial charge on any atom is 0.490 e. The van der Waals surface area contributed by atoms with Crippen molar-refractivity contribution in [2.75, 3.05) is 44.2 Å². The normalized spacial score (nSPS) is 21.7. The van der Waals surface area contributed by atoms with Crippen LogP contribution in [-0.4, -0.2) is 96.1 Å². The van der Waals surface area contributed by atoms with E-state index in [0.29, 0.717) is 26.2 Å². The molecule has 9 nitrogen and oxygen atoms in total. The monoisotopic (exact) mass is 566 g/mol. The largest absolute Gasteiger partial charge is 0.490 e. The number of aromatic nitrogens is 2. The van der Waals surface area contributed by atoms with Crippen molar-refractivity contribution in [3.63, 3.8) is 0 Å². The molecule has 0 unspecified atom stereocenters. The number of halogens is 9. The van der Waals surface area contributed by atoms with Gasteiger partial charge in [-0.25, -0.2) is 14.8 Å². The Bertz CT molecular complexity index is 1010. The summed E-state index contributed by atoms with van der Waals surface area (Å²) in [6, 6.07) is -0.474. The Morgan fingerprint density at radius 3 is 2.13 bits per heavy atom. The number of alkyl halides is 9. The third-order valence-corrected chi connectivity index (χ3v) is 6.37. The van der Waals surface area contributed by atoms with Crippen LogP contribution >= 0.6 is 0 Å². The Balaban J connectivity index is 1.96. The van der Waals surface area contributed by atoms with Gasteiger partial charge >= 0.3 is 30.1 Å². The molecule has 0 saturated carbocycles. The molecule has 1 aromatic heterocycles. The number of nitrogens with one attached hydrogen (secondary N) is 2. The van der Waals surface area contributed by atoms with E-state index in [9.17, 15) is 49.1 Å². The minimum atomic E-state index is -6.55. The zero-order valence-corrected chi connectivity index (χ0v) is 19.9. The number of carbonyl (C=O) groups is 2. The zero-order chi connectivity index (χ0) is 28.7. The number of amides is 1. The number of anilines is 1. The predicted octanol–water partition coefficient (Wildman–Crippen LogP) is 1.89. The number of ether oxygens (including phenoxy) is 1. The van der Waals surface area contributed by atoms with Crippen LogP contribution in [0.4, 0.5) is 45.5 Å². The smallest absolute Gasteiger partial charge is 0.428 e. The average molecular weight is 566 g/mol. The Hall–Kier alpha value is -2.89. The molecule has 2 aliphatic rings. The lowest BCUT2D eigenvalue weighted by atomic mass is 9.94. The minimum Gasteiger partial charge on any atom is -0.428 e. The summed E-state index contributed by atoms with van der Waals surface area (Å²) in [6.07, 6.45) is -19.2. The van der Waals surface area contributed by atoms with Crippen molar-refractivity contribution in [2.45, 2.75) is 49.6 Å². The van der Waals surface area contributed by atoms with Crippen molar-refractivity contribution in [1.29, 1.82) is 0 Å². The first-order valence-electron chi connectivity index (χ1n) is 11.1. The van der Waals surface area contributed by atoms with Gasteiger partial charge in [-0.3, -0.25) is 9.69 Å². The van der Waals surface area contributed by atoms with Crippen LogP contribution in [0.15, 0.2) is 12.4 Å². The highest BCUT2D eigenvalue weighted by Crippen LogP contribution is 2.53. The summed E-state index contributed by atoms with van der Waals surface area (Å²) in [4.78, 5) is 33.9. The quantitative estimate of drug-likeness (QED) is 0.412. The second-order valence-corrected chi connectivity index (χ2v) is 9.15. The summed E-state index contributed by atoms with van der Waals surface area (Å²) >= 11 is 0. The van der Waals surface area contributed by atoms with E-state index >= 15 is 0 Å². The van der Waals surface area contributed by atoms with Gasteiger partial charge in [0.15, 0.2) is 0 Å². The van der Waals surface area contributed by atoms with Gasteiger partial charge in [0, 0.05) is 51.7 Å². The van der Waals surface area contributed by atoms with E-state index in [4.69, 9.17) is 0 Å². The number of rotatable bonds is 5. The van der Waals surface area contributed by atoms with E-state index < -0.39 is 47.2 Å². The molecule has 2 N–H and O–H groups in total. The number of hydrogen-bond acceptors (Lipinski definition) is 8. The Labute approximate surface area is 209 Å². The van der Waals surface area contributed by atoms with Crippen molar-refractivity contribution in [3.8, 4) is 0 Å². The molecule has 1 amide bonds. The third-order valence-electron chi connectivity index (χ3n) is 6.37. The van der Waals surface area contributed by atoms with Crippen molar-refractivity contribution in [2.24, 2.45) is 0 Å². The van der Waals surface area contributed by atoms with Gasteiger partial charge in [-0.15, -0.1) is 0 Å². The van der Waals surface area contributed by atoms with Crippen LogP contribution in [0, 0.1) is 0 Å². The summed E-state index contributed by atoms with van der Waals surface area (Å²) in [7, 11) is 0. The fourth-order valence-electron chi connectivity index (χ4n) is 4.22. The van der Waals surface area contributed by atoms with Crippen molar-refractivity contribution >= 4 is 17.8 Å². The molecule has 0 aromatic carbocycles. The zero-order valence-electron chi connectivity index (χ0n) is 19.9. The highest BCUT2D eigenvalue weighted by molar-refractivity contribution is 5.86. The SMILES string of the molecule is CC1(C)C(=O)NCCN1C[C@H]1CNCCN1c1ncc(C(OC(=O)C(F)(F)F)(C(F)(F)F)C(F)(F)F)cn1. The maximum absolute atomic E-state index is 13.7. The van der Waals surface area contributed by atoms with E-state index in [-0.39, 0.29) is 37.3 Å². The number of piperazine rings is 2. The van der Waals surface area contributed by atoms with Crippen LogP contribution in [0.1, 0.15) is 19.4 Å². The molecule has 2 aliphatic heterocycles. The molecule has 0 aliphatic carbocycles. The van der Waals surface area contributed by atoms with Crippen molar-refractivity contribution < 1.29 is 53.8 Å². The topological polar surface area (TPSA) is 99.7 Å². The van der Waals surface area contributed by atoms with Crippen LogP contribution < -0.4 is 15.5 Å². The molecule has 1 aromatic rings. The molecule has 0 bridgehead atoms. The van der Waals surface area contributed by atoms with E-state index in [1.54, 1.807) is 13.8 Å². The van der Waals surface area contributed by atoms with E-state index in [1.165, 1.54) is 4.90 Å². The molecule has 2 fully saturated rings. The number of carbonyl (C=O) groups excluding carboxylic acids is 2. The molecule has 18 heteroatoms. The van der Waals surface area contributed by atoms with Crippen LogP contribution in [0.25, 0.3) is 0 Å². The molecule has 1 atom stereocenters. The van der Waals surface area contributed by atoms with E-state index in [0.717, 1.165) is 0 Å². The van der Waals surface area contributed by atoms with Crippen molar-refractivity contribution in [1.82, 2.24) is 25.5 Å². The predicted molar refractivity (Wildman–Crippen MR) is 111 cm³/mol. The third kappa shape index (κ3) is 5.45. The lowest BCUT2D eigenvalue weighted by molar-refractivity contribution is -0.383. The standard InChI is InChI=1S/C20H23F9N6O3/c1-16(2)13(36)31-4-5-34(16)10-12-9-30-3-6-35(12)15-32-7-11(8-33-15)17(19(24,25)26,20(27,28)29)38-14(37)18(21,22)23/h7-8,12,30H,3-6,9-10H2,1-2H3,(H,31,36)/t12-/m1/s1. The van der Waals surface area contributed by atoms with Gasteiger partial charge in [0.1, 0.15) is 0 Å². The van der Waals surface area contributed by atoms with E-state index in [2.05, 4.69) is 25.3 Å². The molecule has 0 radical (unpaired) electrons. The first kappa shape index (κ1) is 29.7. The van der Waals surface area contributed by atoms with Crippen LogP contribution in [0.3, 0.4) is 0 Å². The Morgan fingerprint density at radius 2 is 1.61 bits per heavy atom. The van der Waals surface area contributed by atoms with Crippen LogP contribution in [0.2, 0.25) is 0 Å². The van der Waals surface area contributed by atoms with Crippen LogP contribution in [0.5, 0.6) is 0 Å². The van der Waals surface area contributed by atoms with Gasteiger partial charge in [-0.1, -0.05) is 0 Å². The summed E-state index contributed by atoms with van der Waals surface area (Å²) in [5, 5.41) is 5.81. The minimum absolute atomic E-state index is 0.0321. The molecule has 0 spiro atoms. The second kappa shape index (κ2) is 10.0. The Morgan fingerprint density at radius 1 is 1.03 bits per heavy atom. The average Bonchev–Trinajstić information content (AvgIpc) is 2.79. The van der Waals surface area contributed by atoms with E-state index in [1.807, 2.05) is 4.90 Å². The fourth-order valence-corrected chi connectivity index (χ4v) is 4.22. The van der Waals surface area contributed by atoms with Gasteiger partial charge < -0.3 is 20.3 Å². The van der Waals surface area contributed by atoms with Crippen LogP contribution in [-0.2, 0) is 19.9 Å². The number of hydrogen-bond donors (Lipinski definition) is 2. The van der Waals surface area contributed by atoms with Crippen molar-refractivity contribution in [3.05, 3.63) is 18.0 Å². The number of nitrogens with zero attached hydrogens (tertiary/aromatic N) is 4. The summed E-state index contributed by atoms with van der Waals surface area (Å²) in [5.41, 5.74) is -8.54. The summed E-state index contributed by atoms with van der Waals surface area (Å²) in [5.74, 6) is -4.23. The molecule has 3 heterocycles. The first-order chi connectivity index (χ1) is 17.3. The molecular weight excluding hydrogens is 543 g/mol. The highest BCUT2D eigenvalue weighted by Gasteiger charge is 2.77. The summed E-state index contributed by atoms with van der Waals surface area (Å²) < 4.78 is 123. The maximum atomic E-state index is 13.7. The lowest BCUT2D eigenvalue weighted by Gasteiger charge is -2.46. The molecule has 38 heavy (non-hydrogen) atoms. The second-order valence-electron chi connectivity index (χ2n) is 9.15. The molecule has 214 valence electrons. The molecular formula is C20H23F9N6O3. The molecule has 3 rings (SSSR count). The van der Waals surface area contributed by atoms with Gasteiger partial charge in [-0.05, 0) is 13.8 Å². The number of esters is 1. The van der Waals surface area contributed by atoms with Gasteiger partial charge in [-0.2, -0.15) is 39.5 Å². The Kier molecular flexibility index (Phi) is 7.82. The van der Waals surface area contributed by atoms with Gasteiger partial charge in [0.25, 0.3) is 0 Å². The fraction of sp³-hybridized carbons (Fsp3) is 0.700. The van der Waals surface area contributed by atoms with Gasteiger partial charge in [0.2, 0.25) is 11.9 Å². The molecule has 2 saturated heterocycles. The highest BCUT2D eigenvalue weighted by atomic mass is 19.4. The summed E-state index contributed by atoms with van der Waals surface area (Å²) in [6.45, 7) is 5.27. The van der Waals surface area contributed by atoms with Gasteiger partial charge in [0.05, 0.1) is 17.1 Å². The first-order valence-corrected chi connectivity index (χ1v) is 11.1.